The summed E-state index contributed by atoms with van der Waals surface area (Å²) in [6.07, 6.45) is 0.0418. The van der Waals surface area contributed by atoms with E-state index < -0.39 is 13.9 Å². The van der Waals surface area contributed by atoms with E-state index in [4.69, 9.17) is 9.16 Å². The molecule has 1 saturated heterocycles. The van der Waals surface area contributed by atoms with Crippen molar-refractivity contribution in [2.45, 2.75) is 63.5 Å². The lowest BCUT2D eigenvalue weighted by Gasteiger charge is -2.40. The van der Waals surface area contributed by atoms with Crippen molar-refractivity contribution in [2.24, 2.45) is 5.92 Å². The second kappa shape index (κ2) is 5.72. The zero-order valence-electron chi connectivity index (χ0n) is 13.4. The van der Waals surface area contributed by atoms with Gasteiger partial charge in [0.25, 0.3) is 0 Å². The van der Waals surface area contributed by atoms with Crippen LogP contribution in [0.1, 0.15) is 27.7 Å². The maximum Gasteiger partial charge on any atom is 0.192 e. The summed E-state index contributed by atoms with van der Waals surface area (Å²) in [4.78, 5) is 0. The van der Waals surface area contributed by atoms with E-state index in [-0.39, 0.29) is 29.7 Å². The summed E-state index contributed by atoms with van der Waals surface area (Å²) in [5.74, 6) is 0.672. The highest BCUT2D eigenvalue weighted by Crippen LogP contribution is 2.43. The average Bonchev–Trinajstić information content (AvgIpc) is 2.52. The van der Waals surface area contributed by atoms with E-state index in [1.165, 1.54) is 0 Å². The van der Waals surface area contributed by atoms with Crippen LogP contribution in [0.25, 0.3) is 0 Å². The van der Waals surface area contributed by atoms with Crippen LogP contribution in [0.5, 0.6) is 0 Å². The fourth-order valence-electron chi connectivity index (χ4n) is 2.38. The third-order valence-electron chi connectivity index (χ3n) is 4.98. The van der Waals surface area contributed by atoms with Gasteiger partial charge in [-0.15, -0.1) is 0 Å². The molecule has 19 heavy (non-hydrogen) atoms. The molecular formula is C13H29BO3SSi. The van der Waals surface area contributed by atoms with Gasteiger partial charge in [0.15, 0.2) is 8.32 Å². The van der Waals surface area contributed by atoms with Crippen LogP contribution in [0.3, 0.4) is 0 Å². The van der Waals surface area contributed by atoms with Crippen LogP contribution >= 0.6 is 12.6 Å². The summed E-state index contributed by atoms with van der Waals surface area (Å²) in [7, 11) is 0.209. The van der Waals surface area contributed by atoms with Gasteiger partial charge in [0.2, 0.25) is 0 Å². The highest BCUT2D eigenvalue weighted by atomic mass is 32.1. The van der Waals surface area contributed by atoms with E-state index in [9.17, 15) is 5.11 Å². The first-order chi connectivity index (χ1) is 8.50. The molecule has 112 valence electrons. The van der Waals surface area contributed by atoms with Crippen molar-refractivity contribution in [2.75, 3.05) is 12.4 Å². The van der Waals surface area contributed by atoms with Gasteiger partial charge in [0.05, 0.1) is 12.7 Å². The van der Waals surface area contributed by atoms with Crippen molar-refractivity contribution >= 4 is 28.8 Å². The molecule has 3 nitrogen and oxygen atoms in total. The lowest BCUT2D eigenvalue weighted by Crippen LogP contribution is -2.49. The molecule has 0 amide bonds. The molecule has 6 heteroatoms. The molecule has 1 N–H and O–H groups in total. The molecular weight excluding hydrogens is 275 g/mol. The van der Waals surface area contributed by atoms with Crippen molar-refractivity contribution in [3.8, 4) is 0 Å². The molecule has 0 bridgehead atoms. The first-order valence-electron chi connectivity index (χ1n) is 7.08. The van der Waals surface area contributed by atoms with E-state index >= 15 is 0 Å². The Morgan fingerprint density at radius 1 is 1.42 bits per heavy atom. The van der Waals surface area contributed by atoms with Gasteiger partial charge in [0, 0.05) is 17.7 Å². The summed E-state index contributed by atoms with van der Waals surface area (Å²) in [5.41, 5.74) is -0.560. The summed E-state index contributed by atoms with van der Waals surface area (Å²) in [6.45, 7) is 13.3. The van der Waals surface area contributed by atoms with Crippen LogP contribution < -0.4 is 0 Å². The summed E-state index contributed by atoms with van der Waals surface area (Å²) < 4.78 is 12.5. The Morgan fingerprint density at radius 3 is 2.26 bits per heavy atom. The predicted molar refractivity (Wildman–Crippen MR) is 88.3 cm³/mol. The zero-order chi connectivity index (χ0) is 15.1. The maximum atomic E-state index is 9.66. The van der Waals surface area contributed by atoms with Gasteiger partial charge in [-0.1, -0.05) is 27.7 Å². The molecule has 0 radical (unpaired) electrons. The molecule has 0 spiro atoms. The van der Waals surface area contributed by atoms with E-state index in [0.717, 1.165) is 0 Å². The Morgan fingerprint density at radius 2 is 1.95 bits per heavy atom. The highest BCUT2D eigenvalue weighted by molar-refractivity contribution is 7.80. The van der Waals surface area contributed by atoms with Crippen LogP contribution in [0.2, 0.25) is 18.1 Å². The summed E-state index contributed by atoms with van der Waals surface area (Å²) >= 11 is 4.36. The van der Waals surface area contributed by atoms with Gasteiger partial charge < -0.3 is 14.3 Å². The van der Waals surface area contributed by atoms with E-state index in [1.807, 2.05) is 7.85 Å². The number of thiol groups is 1. The third-order valence-corrected chi connectivity index (χ3v) is 9.99. The van der Waals surface area contributed by atoms with Crippen LogP contribution in [0.4, 0.5) is 0 Å². The summed E-state index contributed by atoms with van der Waals surface area (Å²) in [6, 6.07) is 0.00317. The van der Waals surface area contributed by atoms with Gasteiger partial charge in [-0.2, -0.15) is 12.6 Å². The largest absolute Gasteiger partial charge is 0.412 e. The maximum absolute atomic E-state index is 9.66. The molecule has 1 rings (SSSR count). The fraction of sp³-hybridized carbons (Fsp3) is 1.00. The molecule has 1 aliphatic rings. The van der Waals surface area contributed by atoms with Gasteiger partial charge in [-0.3, -0.25) is 0 Å². The molecule has 0 saturated carbocycles. The van der Waals surface area contributed by atoms with Gasteiger partial charge >= 0.3 is 0 Å². The second-order valence-electron chi connectivity index (χ2n) is 7.34. The quantitative estimate of drug-likeness (QED) is 0.613. The van der Waals surface area contributed by atoms with Gasteiger partial charge in [-0.05, 0) is 18.1 Å². The lowest BCUT2D eigenvalue weighted by molar-refractivity contribution is -0.0505. The molecule has 0 aromatic carbocycles. The van der Waals surface area contributed by atoms with Crippen molar-refractivity contribution in [1.29, 1.82) is 0 Å². The van der Waals surface area contributed by atoms with Crippen molar-refractivity contribution in [3.05, 3.63) is 0 Å². The number of hydrogen-bond acceptors (Lipinski definition) is 4. The first-order valence-corrected chi connectivity index (χ1v) is 10.6. The van der Waals surface area contributed by atoms with Crippen molar-refractivity contribution in [1.82, 2.24) is 0 Å². The lowest BCUT2D eigenvalue weighted by atomic mass is 9.84. The number of hydrogen-bond donors (Lipinski definition) is 2. The Balaban J connectivity index is 2.91. The molecule has 0 aromatic heterocycles. The molecule has 1 heterocycles. The van der Waals surface area contributed by atoms with Crippen LogP contribution in [-0.2, 0) is 9.16 Å². The number of ether oxygens (including phenoxy) is 1. The Hall–Kier alpha value is 0.512. The molecule has 1 fully saturated rings. The second-order valence-corrected chi connectivity index (χ2v) is 12.4. The molecule has 1 aliphatic heterocycles. The monoisotopic (exact) mass is 304 g/mol. The minimum absolute atomic E-state index is 0.000626. The first kappa shape index (κ1) is 17.6. The molecule has 1 unspecified atom stereocenters. The third kappa shape index (κ3) is 3.23. The summed E-state index contributed by atoms with van der Waals surface area (Å²) in [5, 5.41) is 9.84. The zero-order valence-corrected chi connectivity index (χ0v) is 15.3. The molecule has 0 aromatic rings. The predicted octanol–water partition coefficient (Wildman–Crippen LogP) is 1.66. The molecule has 0 aliphatic carbocycles. The minimum Gasteiger partial charge on any atom is -0.412 e. The average molecular weight is 304 g/mol. The topological polar surface area (TPSA) is 38.7 Å². The molecule has 4 atom stereocenters. The Labute approximate surface area is 125 Å². The van der Waals surface area contributed by atoms with Crippen LogP contribution in [0, 0.1) is 5.92 Å². The van der Waals surface area contributed by atoms with E-state index in [2.05, 4.69) is 53.4 Å². The highest BCUT2D eigenvalue weighted by Gasteiger charge is 2.53. The number of rotatable bonds is 4. The minimum atomic E-state index is -1.83. The van der Waals surface area contributed by atoms with Crippen LogP contribution in [0.15, 0.2) is 0 Å². The smallest absolute Gasteiger partial charge is 0.192 e. The van der Waals surface area contributed by atoms with E-state index in [1.54, 1.807) is 0 Å². The normalized spacial score (nSPS) is 36.7. The standard InChI is InChI=1S/C13H29BO3SSi/c1-9-10(17-19(5,6)12(2,3)4)11(14)16-13(9,7-15)8-18/h9-11,15,18H,7-8,14H2,1-6H3/t9-,10?,11-,13+/m1/s1. The fourth-order valence-corrected chi connectivity index (χ4v) is 4.27. The number of aliphatic hydroxyl groups is 1. The van der Waals surface area contributed by atoms with E-state index in [0.29, 0.717) is 5.75 Å². The van der Waals surface area contributed by atoms with Crippen molar-refractivity contribution < 1.29 is 14.3 Å². The SMILES string of the molecule is B[C@@H]1O[C@@](CO)(CS)[C@H](C)C1O[Si](C)(C)C(C)(C)C. The van der Waals surface area contributed by atoms with Crippen molar-refractivity contribution in [3.63, 3.8) is 0 Å². The van der Waals surface area contributed by atoms with Crippen LogP contribution in [-0.4, -0.2) is 51.3 Å². The Kier molecular flexibility index (Phi) is 5.28. The number of aliphatic hydroxyl groups excluding tert-OH is 1. The van der Waals surface area contributed by atoms with Gasteiger partial charge in [0.1, 0.15) is 13.4 Å². The van der Waals surface area contributed by atoms with Gasteiger partial charge in [-0.25, -0.2) is 0 Å². The Bertz CT molecular complexity index is 316.